The molecule has 1 atom stereocenters. The highest BCUT2D eigenvalue weighted by Crippen LogP contribution is 2.54. The topological polar surface area (TPSA) is 38.3 Å². The van der Waals surface area contributed by atoms with Gasteiger partial charge in [0.05, 0.1) is 22.1 Å². The summed E-state index contributed by atoms with van der Waals surface area (Å²) in [6, 6.07) is 5.91. The van der Waals surface area contributed by atoms with Crippen molar-refractivity contribution in [2.75, 3.05) is 6.54 Å². The molecule has 1 aliphatic carbocycles. The van der Waals surface area contributed by atoms with Crippen molar-refractivity contribution in [1.29, 1.82) is 0 Å². The predicted molar refractivity (Wildman–Crippen MR) is 101 cm³/mol. The lowest BCUT2D eigenvalue weighted by Crippen LogP contribution is -2.57. The van der Waals surface area contributed by atoms with Crippen LogP contribution < -0.4 is 5.32 Å². The summed E-state index contributed by atoms with van der Waals surface area (Å²) >= 11 is 12.5. The van der Waals surface area contributed by atoms with Gasteiger partial charge >= 0.3 is 0 Å². The minimum absolute atomic E-state index is 0.0829. The van der Waals surface area contributed by atoms with E-state index in [0.717, 1.165) is 31.2 Å². The second kappa shape index (κ2) is 6.31. The van der Waals surface area contributed by atoms with Gasteiger partial charge in [0.1, 0.15) is 0 Å². The Morgan fingerprint density at radius 2 is 1.79 bits per heavy atom. The maximum atomic E-state index is 12.2. The van der Waals surface area contributed by atoms with Gasteiger partial charge in [0.25, 0.3) is 0 Å². The van der Waals surface area contributed by atoms with E-state index in [2.05, 4.69) is 31.0 Å². The predicted octanol–water partition coefficient (Wildman–Crippen LogP) is 4.92. The van der Waals surface area contributed by atoms with Gasteiger partial charge in [-0.1, -0.05) is 42.1 Å². The molecule has 1 aliphatic heterocycles. The standard InChI is InChI=1S/C18H25Cl2NO2Si/c1-24(2,3)23-18(11-16(22)21-12-18)17(8-4-5-9-17)13-6-7-14(19)15(20)10-13/h6-7,10H,4-5,8-9,11-12H2,1-3H3,(H,21,22)/t18-/m1/s1. The van der Waals surface area contributed by atoms with Gasteiger partial charge in [0.2, 0.25) is 5.91 Å². The Labute approximate surface area is 155 Å². The zero-order chi connectivity index (χ0) is 17.6. The minimum Gasteiger partial charge on any atom is -0.409 e. The van der Waals surface area contributed by atoms with Crippen molar-refractivity contribution < 1.29 is 9.22 Å². The van der Waals surface area contributed by atoms with Gasteiger partial charge < -0.3 is 9.74 Å². The van der Waals surface area contributed by atoms with Gasteiger partial charge in [-0.05, 0) is 50.2 Å². The summed E-state index contributed by atoms with van der Waals surface area (Å²) in [6.45, 7) is 7.15. The van der Waals surface area contributed by atoms with Crippen molar-refractivity contribution in [2.45, 2.75) is 62.8 Å². The zero-order valence-corrected chi connectivity index (χ0v) is 17.1. The van der Waals surface area contributed by atoms with E-state index < -0.39 is 13.9 Å². The molecule has 132 valence electrons. The first-order valence-corrected chi connectivity index (χ1v) is 12.8. The van der Waals surface area contributed by atoms with E-state index >= 15 is 0 Å². The van der Waals surface area contributed by atoms with Crippen LogP contribution in [-0.2, 0) is 14.6 Å². The molecular weight excluding hydrogens is 361 g/mol. The summed E-state index contributed by atoms with van der Waals surface area (Å²) in [5.74, 6) is 0.0829. The van der Waals surface area contributed by atoms with Gasteiger partial charge in [-0.2, -0.15) is 0 Å². The fourth-order valence-electron chi connectivity index (χ4n) is 4.50. The van der Waals surface area contributed by atoms with Crippen LogP contribution in [0.5, 0.6) is 0 Å². The second-order valence-electron chi connectivity index (χ2n) is 8.08. The number of carbonyl (C=O) groups is 1. The second-order valence-corrected chi connectivity index (χ2v) is 13.3. The first kappa shape index (κ1) is 18.2. The zero-order valence-electron chi connectivity index (χ0n) is 14.5. The van der Waals surface area contributed by atoms with E-state index in [9.17, 15) is 4.79 Å². The average Bonchev–Trinajstić information content (AvgIpc) is 3.09. The molecule has 1 aromatic carbocycles. The Bertz CT molecular complexity index is 653. The number of halogens is 2. The van der Waals surface area contributed by atoms with Crippen LogP contribution in [-0.4, -0.2) is 26.4 Å². The number of amides is 1. The summed E-state index contributed by atoms with van der Waals surface area (Å²) in [6.07, 6.45) is 4.75. The summed E-state index contributed by atoms with van der Waals surface area (Å²) in [4.78, 5) is 12.2. The molecule has 1 saturated heterocycles. The lowest BCUT2D eigenvalue weighted by atomic mass is 9.65. The third-order valence-electron chi connectivity index (χ3n) is 5.32. The van der Waals surface area contributed by atoms with Crippen LogP contribution in [0.2, 0.25) is 29.7 Å². The summed E-state index contributed by atoms with van der Waals surface area (Å²) < 4.78 is 6.75. The molecule has 0 unspecified atom stereocenters. The fraction of sp³-hybridized carbons (Fsp3) is 0.611. The molecule has 1 aromatic rings. The molecule has 24 heavy (non-hydrogen) atoms. The summed E-state index contributed by atoms with van der Waals surface area (Å²) in [5, 5.41) is 4.16. The first-order chi connectivity index (χ1) is 11.2. The van der Waals surface area contributed by atoms with E-state index in [1.165, 1.54) is 0 Å². The van der Waals surface area contributed by atoms with E-state index in [-0.39, 0.29) is 11.3 Å². The minimum atomic E-state index is -1.85. The van der Waals surface area contributed by atoms with Crippen LogP contribution in [0.1, 0.15) is 37.7 Å². The van der Waals surface area contributed by atoms with Crippen molar-refractivity contribution in [1.82, 2.24) is 5.32 Å². The Balaban J connectivity index is 2.13. The Hall–Kier alpha value is -0.553. The highest BCUT2D eigenvalue weighted by molar-refractivity contribution is 6.69. The smallest absolute Gasteiger partial charge is 0.223 e. The maximum Gasteiger partial charge on any atom is 0.223 e. The first-order valence-electron chi connectivity index (χ1n) is 8.60. The van der Waals surface area contributed by atoms with E-state index in [0.29, 0.717) is 23.0 Å². The van der Waals surface area contributed by atoms with Crippen molar-refractivity contribution in [3.05, 3.63) is 33.8 Å². The highest BCUT2D eigenvalue weighted by Gasteiger charge is 2.59. The lowest BCUT2D eigenvalue weighted by Gasteiger charge is -2.49. The van der Waals surface area contributed by atoms with Crippen LogP contribution in [0, 0.1) is 0 Å². The van der Waals surface area contributed by atoms with Gasteiger partial charge in [-0.3, -0.25) is 4.79 Å². The Morgan fingerprint density at radius 3 is 2.29 bits per heavy atom. The number of benzene rings is 1. The van der Waals surface area contributed by atoms with E-state index in [1.807, 2.05) is 12.1 Å². The molecule has 2 aliphatic rings. The quantitative estimate of drug-likeness (QED) is 0.747. The highest BCUT2D eigenvalue weighted by atomic mass is 35.5. The molecule has 3 nitrogen and oxygen atoms in total. The Morgan fingerprint density at radius 1 is 1.12 bits per heavy atom. The van der Waals surface area contributed by atoms with Gasteiger partial charge in [-0.25, -0.2) is 0 Å². The molecule has 1 saturated carbocycles. The molecule has 1 N–H and O–H groups in total. The SMILES string of the molecule is C[Si](C)(C)O[C@@]1(C2(c3ccc(Cl)c(Cl)c3)CCCC2)CNC(=O)C1. The third kappa shape index (κ3) is 3.14. The van der Waals surface area contributed by atoms with Gasteiger partial charge in [0, 0.05) is 12.0 Å². The van der Waals surface area contributed by atoms with Crippen molar-refractivity contribution in [3.8, 4) is 0 Å². The fourth-order valence-corrected chi connectivity index (χ4v) is 6.31. The molecule has 0 spiro atoms. The molecule has 0 bridgehead atoms. The lowest BCUT2D eigenvalue weighted by molar-refractivity contribution is -0.121. The Kier molecular flexibility index (Phi) is 4.80. The third-order valence-corrected chi connectivity index (χ3v) is 7.06. The molecule has 0 aromatic heterocycles. The molecular formula is C18H25Cl2NO2Si. The number of hydrogen-bond donors (Lipinski definition) is 1. The number of rotatable bonds is 4. The monoisotopic (exact) mass is 385 g/mol. The summed E-state index contributed by atoms with van der Waals surface area (Å²) in [7, 11) is -1.85. The van der Waals surface area contributed by atoms with E-state index in [4.69, 9.17) is 27.6 Å². The molecule has 3 rings (SSSR count). The van der Waals surface area contributed by atoms with Crippen LogP contribution >= 0.6 is 23.2 Å². The van der Waals surface area contributed by atoms with Crippen LogP contribution in [0.3, 0.4) is 0 Å². The van der Waals surface area contributed by atoms with Crippen LogP contribution in [0.15, 0.2) is 18.2 Å². The maximum absolute atomic E-state index is 12.2. The van der Waals surface area contributed by atoms with Crippen LogP contribution in [0.25, 0.3) is 0 Å². The normalized spacial score (nSPS) is 26.6. The van der Waals surface area contributed by atoms with E-state index in [1.54, 1.807) is 0 Å². The molecule has 1 heterocycles. The van der Waals surface area contributed by atoms with Gasteiger partial charge in [-0.15, -0.1) is 0 Å². The van der Waals surface area contributed by atoms with Gasteiger partial charge in [0.15, 0.2) is 8.32 Å². The van der Waals surface area contributed by atoms with Crippen LogP contribution in [0.4, 0.5) is 0 Å². The van der Waals surface area contributed by atoms with Crippen molar-refractivity contribution in [3.63, 3.8) is 0 Å². The molecule has 0 radical (unpaired) electrons. The number of carbonyl (C=O) groups excluding carboxylic acids is 1. The number of nitrogens with one attached hydrogen (secondary N) is 1. The van der Waals surface area contributed by atoms with Crippen molar-refractivity contribution >= 4 is 37.4 Å². The number of hydrogen-bond acceptors (Lipinski definition) is 2. The molecule has 1 amide bonds. The largest absolute Gasteiger partial charge is 0.409 e. The molecule has 6 heteroatoms. The van der Waals surface area contributed by atoms with Crippen molar-refractivity contribution in [2.24, 2.45) is 0 Å². The average molecular weight is 386 g/mol. The summed E-state index contributed by atoms with van der Waals surface area (Å²) in [5.41, 5.74) is 0.493. The molecule has 2 fully saturated rings.